The van der Waals surface area contributed by atoms with Crippen molar-refractivity contribution >= 4 is 0 Å². The highest BCUT2D eigenvalue weighted by Crippen LogP contribution is 2.51. The molecule has 2 unspecified atom stereocenters. The Bertz CT molecular complexity index is 278. The minimum Gasteiger partial charge on any atom is -0.0839 e. The Morgan fingerprint density at radius 1 is 1.07 bits per heavy atom. The van der Waals surface area contributed by atoms with Crippen LogP contribution in [0.25, 0.3) is 0 Å². The van der Waals surface area contributed by atoms with Crippen molar-refractivity contribution in [3.63, 3.8) is 0 Å². The molecule has 1 saturated carbocycles. The zero-order valence-corrected chi connectivity index (χ0v) is 10.6. The summed E-state index contributed by atoms with van der Waals surface area (Å²) in [5, 5.41) is 0. The molecule has 0 aromatic rings. The van der Waals surface area contributed by atoms with E-state index >= 15 is 0 Å². The van der Waals surface area contributed by atoms with Gasteiger partial charge in [0.1, 0.15) is 0 Å². The van der Waals surface area contributed by atoms with Crippen molar-refractivity contribution in [3.8, 4) is 0 Å². The smallest absolute Gasteiger partial charge is 0.00902 e. The Hall–Kier alpha value is -0.780. The molecule has 84 valence electrons. The first-order chi connectivity index (χ1) is 7.45. The third-order valence-electron chi connectivity index (χ3n) is 3.03. The SMILES string of the molecule is C1=CC2=C(C=CC3CC23)CC1.CC.CC. The maximum atomic E-state index is 2.41. The molecule has 3 rings (SSSR count). The average Bonchev–Trinajstić information content (AvgIpc) is 3.14. The lowest BCUT2D eigenvalue weighted by molar-refractivity contribution is 0.855. The zero-order chi connectivity index (χ0) is 11.3. The van der Waals surface area contributed by atoms with E-state index in [2.05, 4.69) is 24.3 Å². The van der Waals surface area contributed by atoms with Crippen LogP contribution in [0.2, 0.25) is 0 Å². The van der Waals surface area contributed by atoms with E-state index < -0.39 is 0 Å². The number of hydrogen-bond donors (Lipinski definition) is 0. The van der Waals surface area contributed by atoms with Crippen LogP contribution >= 0.6 is 0 Å². The van der Waals surface area contributed by atoms with Crippen molar-refractivity contribution in [1.29, 1.82) is 0 Å². The predicted molar refractivity (Wildman–Crippen MR) is 68.8 cm³/mol. The van der Waals surface area contributed by atoms with E-state index in [1.54, 1.807) is 11.1 Å². The van der Waals surface area contributed by atoms with E-state index in [9.17, 15) is 0 Å². The van der Waals surface area contributed by atoms with E-state index in [0.29, 0.717) is 0 Å². The number of rotatable bonds is 0. The summed E-state index contributed by atoms with van der Waals surface area (Å²) in [6.45, 7) is 8.00. The zero-order valence-electron chi connectivity index (χ0n) is 10.6. The molecule has 0 spiro atoms. The predicted octanol–water partition coefficient (Wildman–Crippen LogP) is 4.89. The van der Waals surface area contributed by atoms with Crippen LogP contribution in [0.1, 0.15) is 47.0 Å². The van der Waals surface area contributed by atoms with Crippen LogP contribution in [-0.4, -0.2) is 0 Å². The number of fused-ring (bicyclic) bond motifs is 2. The summed E-state index contributed by atoms with van der Waals surface area (Å²) in [5.74, 6) is 1.84. The molecule has 0 heterocycles. The van der Waals surface area contributed by atoms with Gasteiger partial charge in [0, 0.05) is 0 Å². The van der Waals surface area contributed by atoms with E-state index in [0.717, 1.165) is 11.8 Å². The van der Waals surface area contributed by atoms with Gasteiger partial charge >= 0.3 is 0 Å². The van der Waals surface area contributed by atoms with Gasteiger partial charge in [0.2, 0.25) is 0 Å². The minimum atomic E-state index is 0.913. The van der Waals surface area contributed by atoms with Crippen LogP contribution in [0.4, 0.5) is 0 Å². The summed E-state index contributed by atoms with van der Waals surface area (Å²) in [6.07, 6.45) is 13.4. The van der Waals surface area contributed by atoms with Crippen LogP contribution in [0.5, 0.6) is 0 Å². The van der Waals surface area contributed by atoms with Gasteiger partial charge in [-0.25, -0.2) is 0 Å². The lowest BCUT2D eigenvalue weighted by atomic mass is 9.90. The van der Waals surface area contributed by atoms with Gasteiger partial charge in [-0.2, -0.15) is 0 Å². The molecule has 0 bridgehead atoms. The molecule has 0 saturated heterocycles. The summed E-state index contributed by atoms with van der Waals surface area (Å²) in [4.78, 5) is 0. The second-order valence-corrected chi connectivity index (χ2v) is 3.79. The monoisotopic (exact) mass is 204 g/mol. The molecule has 1 fully saturated rings. The molecular weight excluding hydrogens is 180 g/mol. The van der Waals surface area contributed by atoms with Crippen molar-refractivity contribution < 1.29 is 0 Å². The van der Waals surface area contributed by atoms with Crippen molar-refractivity contribution in [2.24, 2.45) is 11.8 Å². The van der Waals surface area contributed by atoms with E-state index in [4.69, 9.17) is 0 Å². The van der Waals surface area contributed by atoms with Crippen LogP contribution in [0.15, 0.2) is 35.5 Å². The topological polar surface area (TPSA) is 0 Å². The molecule has 0 N–H and O–H groups in total. The molecule has 2 atom stereocenters. The number of allylic oxidation sites excluding steroid dienone is 6. The summed E-state index contributed by atoms with van der Waals surface area (Å²) in [7, 11) is 0. The van der Waals surface area contributed by atoms with E-state index in [1.165, 1.54) is 19.3 Å². The quantitative estimate of drug-likeness (QED) is 0.527. The molecule has 15 heavy (non-hydrogen) atoms. The molecule has 0 radical (unpaired) electrons. The summed E-state index contributed by atoms with van der Waals surface area (Å²) >= 11 is 0. The average molecular weight is 204 g/mol. The van der Waals surface area contributed by atoms with Gasteiger partial charge in [-0.1, -0.05) is 52.0 Å². The highest BCUT2D eigenvalue weighted by Gasteiger charge is 2.40. The number of hydrogen-bond acceptors (Lipinski definition) is 0. The Kier molecular flexibility index (Phi) is 4.87. The van der Waals surface area contributed by atoms with Gasteiger partial charge in [0.05, 0.1) is 0 Å². The molecule has 0 aromatic carbocycles. The third-order valence-corrected chi connectivity index (χ3v) is 3.03. The lowest BCUT2D eigenvalue weighted by Gasteiger charge is -2.15. The lowest BCUT2D eigenvalue weighted by Crippen LogP contribution is -1.99. The minimum absolute atomic E-state index is 0.913. The second-order valence-electron chi connectivity index (χ2n) is 3.79. The van der Waals surface area contributed by atoms with Gasteiger partial charge in [-0.3, -0.25) is 0 Å². The van der Waals surface area contributed by atoms with Crippen LogP contribution in [0.3, 0.4) is 0 Å². The fourth-order valence-corrected chi connectivity index (χ4v) is 2.27. The first kappa shape index (κ1) is 12.3. The maximum absolute atomic E-state index is 2.41. The molecule has 0 amide bonds. The standard InChI is InChI=1S/C11H12.2C2H6/c1-2-4-10-8(3-1)5-6-9-7-11(9)10;2*1-2/h2,4-6,9,11H,1,3,7H2;2*1-2H3. The highest BCUT2D eigenvalue weighted by molar-refractivity contribution is 5.45. The fourth-order valence-electron chi connectivity index (χ4n) is 2.27. The Morgan fingerprint density at radius 2 is 1.80 bits per heavy atom. The Labute approximate surface area is 94.8 Å². The van der Waals surface area contributed by atoms with Crippen LogP contribution in [-0.2, 0) is 0 Å². The summed E-state index contributed by atoms with van der Waals surface area (Å²) in [6, 6.07) is 0. The molecule has 0 heteroatoms. The summed E-state index contributed by atoms with van der Waals surface area (Å²) < 4.78 is 0. The highest BCUT2D eigenvalue weighted by atomic mass is 14.4. The first-order valence-electron chi connectivity index (χ1n) is 6.53. The molecule has 3 aliphatic carbocycles. The van der Waals surface area contributed by atoms with Crippen molar-refractivity contribution in [2.45, 2.75) is 47.0 Å². The van der Waals surface area contributed by atoms with Crippen molar-refractivity contribution in [3.05, 3.63) is 35.5 Å². The Balaban J connectivity index is 0.000000255. The van der Waals surface area contributed by atoms with E-state index in [-0.39, 0.29) is 0 Å². The van der Waals surface area contributed by atoms with Gasteiger partial charge in [0.15, 0.2) is 0 Å². The molecule has 3 aliphatic rings. The van der Waals surface area contributed by atoms with Gasteiger partial charge in [-0.05, 0) is 42.2 Å². The van der Waals surface area contributed by atoms with Gasteiger partial charge in [0.25, 0.3) is 0 Å². The van der Waals surface area contributed by atoms with Crippen molar-refractivity contribution in [1.82, 2.24) is 0 Å². The fraction of sp³-hybridized carbons (Fsp3) is 0.600. The van der Waals surface area contributed by atoms with E-state index in [1.807, 2.05) is 27.7 Å². The van der Waals surface area contributed by atoms with Gasteiger partial charge in [-0.15, -0.1) is 0 Å². The van der Waals surface area contributed by atoms with Crippen molar-refractivity contribution in [2.75, 3.05) is 0 Å². The van der Waals surface area contributed by atoms with Crippen LogP contribution in [0, 0.1) is 11.8 Å². The third kappa shape index (κ3) is 2.62. The summed E-state index contributed by atoms with van der Waals surface area (Å²) in [5.41, 5.74) is 3.27. The van der Waals surface area contributed by atoms with Crippen LogP contribution < -0.4 is 0 Å². The Morgan fingerprint density at radius 3 is 2.53 bits per heavy atom. The maximum Gasteiger partial charge on any atom is -0.00902 e. The molecular formula is C15H24. The molecule has 0 aromatic heterocycles. The molecule has 0 aliphatic heterocycles. The molecule has 0 nitrogen and oxygen atoms in total. The largest absolute Gasteiger partial charge is 0.0839 e. The normalized spacial score (nSPS) is 29.1. The van der Waals surface area contributed by atoms with Gasteiger partial charge < -0.3 is 0 Å². The second kappa shape index (κ2) is 5.95. The first-order valence-corrected chi connectivity index (χ1v) is 6.53.